The molecule has 1 aromatic rings. The van der Waals surface area contributed by atoms with Crippen molar-refractivity contribution >= 4 is 17.6 Å². The van der Waals surface area contributed by atoms with Gasteiger partial charge in [-0.2, -0.15) is 0 Å². The van der Waals surface area contributed by atoms with Crippen molar-refractivity contribution in [3.63, 3.8) is 0 Å². The van der Waals surface area contributed by atoms with Crippen LogP contribution in [0, 0.1) is 10.1 Å². The van der Waals surface area contributed by atoms with Crippen molar-refractivity contribution in [1.82, 2.24) is 10.2 Å². The molecule has 0 unspecified atom stereocenters. The molecule has 9 nitrogen and oxygen atoms in total. The fraction of sp³-hybridized carbons (Fsp3) is 0.652. The summed E-state index contributed by atoms with van der Waals surface area (Å²) in [6.45, 7) is 2.05. The van der Waals surface area contributed by atoms with Gasteiger partial charge in [0.15, 0.2) is 0 Å². The Bertz CT molecular complexity index is 708. The van der Waals surface area contributed by atoms with E-state index in [9.17, 15) is 24.8 Å². The molecule has 0 bridgehead atoms. The average molecular weight is 452 g/mol. The maximum absolute atomic E-state index is 12.4. The Labute approximate surface area is 190 Å². The first-order chi connectivity index (χ1) is 15.2. The fourth-order valence-electron chi connectivity index (χ4n) is 3.25. The third kappa shape index (κ3) is 11.2. The van der Waals surface area contributed by atoms with Gasteiger partial charge < -0.3 is 15.2 Å². The lowest BCUT2D eigenvalue weighted by Gasteiger charge is -2.24. The van der Waals surface area contributed by atoms with Gasteiger partial charge in [0.05, 0.1) is 17.5 Å². The Morgan fingerprint density at radius 2 is 1.69 bits per heavy atom. The van der Waals surface area contributed by atoms with Gasteiger partial charge in [0.2, 0.25) is 5.91 Å². The molecule has 2 N–H and O–H groups in total. The van der Waals surface area contributed by atoms with Crippen molar-refractivity contribution in [3.8, 4) is 0 Å². The van der Waals surface area contributed by atoms with Crippen molar-refractivity contribution in [2.75, 3.05) is 27.2 Å². The van der Waals surface area contributed by atoms with Gasteiger partial charge in [-0.15, -0.1) is 0 Å². The van der Waals surface area contributed by atoms with Crippen LogP contribution in [0.5, 0.6) is 0 Å². The van der Waals surface area contributed by atoms with Crippen LogP contribution in [0.2, 0.25) is 0 Å². The van der Waals surface area contributed by atoms with E-state index in [1.54, 1.807) is 19.0 Å². The van der Waals surface area contributed by atoms with Gasteiger partial charge in [0.25, 0.3) is 5.69 Å². The van der Waals surface area contributed by atoms with E-state index >= 15 is 0 Å². The summed E-state index contributed by atoms with van der Waals surface area (Å²) in [5.74, 6) is -0.703. The number of rotatable bonds is 16. The normalized spacial score (nSPS) is 12.9. The van der Waals surface area contributed by atoms with E-state index in [0.717, 1.165) is 19.3 Å². The molecule has 1 rings (SSSR count). The van der Waals surface area contributed by atoms with Gasteiger partial charge in [0, 0.05) is 18.6 Å². The summed E-state index contributed by atoms with van der Waals surface area (Å²) >= 11 is 0. The fourth-order valence-corrected chi connectivity index (χ4v) is 3.25. The zero-order valence-electron chi connectivity index (χ0n) is 19.4. The molecule has 9 heteroatoms. The number of ether oxygens (including phenoxy) is 1. The van der Waals surface area contributed by atoms with E-state index in [-0.39, 0.29) is 24.7 Å². The molecule has 0 spiro atoms. The molecule has 0 saturated heterocycles. The SMILES string of the molecule is CCCCCCCCCC(=O)N[C@H](COC(=O)CN(C)C)[C@H](O)c1ccc([N+](=O)[O-])cc1. The molecule has 32 heavy (non-hydrogen) atoms. The molecular formula is C23H37N3O6. The molecule has 0 radical (unpaired) electrons. The predicted octanol–water partition coefficient (Wildman–Crippen LogP) is 3.36. The number of hydrogen-bond acceptors (Lipinski definition) is 7. The van der Waals surface area contributed by atoms with Gasteiger partial charge >= 0.3 is 5.97 Å². The molecule has 0 aliphatic carbocycles. The lowest BCUT2D eigenvalue weighted by molar-refractivity contribution is -0.384. The third-order valence-electron chi connectivity index (χ3n) is 5.05. The lowest BCUT2D eigenvalue weighted by atomic mass is 10.0. The maximum Gasteiger partial charge on any atom is 0.320 e. The first kappa shape index (κ1) is 27.5. The number of carbonyl (C=O) groups is 2. The summed E-state index contributed by atoms with van der Waals surface area (Å²) < 4.78 is 5.24. The zero-order valence-corrected chi connectivity index (χ0v) is 19.4. The van der Waals surface area contributed by atoms with Crippen molar-refractivity contribution in [3.05, 3.63) is 39.9 Å². The molecule has 1 aromatic carbocycles. The lowest BCUT2D eigenvalue weighted by Crippen LogP contribution is -2.43. The standard InChI is InChI=1S/C23H37N3O6/c1-4-5-6-7-8-9-10-11-21(27)24-20(17-32-22(28)16-25(2)3)23(29)18-12-14-19(15-13-18)26(30)31/h12-15,20,23,29H,4-11,16-17H2,1-3H3,(H,24,27)/t20-,23-/m1/s1. The Morgan fingerprint density at radius 3 is 2.25 bits per heavy atom. The quantitative estimate of drug-likeness (QED) is 0.171. The number of carbonyl (C=O) groups excluding carboxylic acids is 2. The molecule has 0 heterocycles. The van der Waals surface area contributed by atoms with E-state index in [1.807, 2.05) is 0 Å². The van der Waals surface area contributed by atoms with Crippen molar-refractivity contribution < 1.29 is 24.4 Å². The molecule has 0 saturated carbocycles. The number of aliphatic hydroxyl groups excluding tert-OH is 1. The van der Waals surface area contributed by atoms with Crippen LogP contribution in [0.4, 0.5) is 5.69 Å². The number of nitro groups is 1. The minimum absolute atomic E-state index is 0.0757. The summed E-state index contributed by atoms with van der Waals surface area (Å²) in [6, 6.07) is 4.57. The number of hydrogen-bond donors (Lipinski definition) is 2. The van der Waals surface area contributed by atoms with Crippen LogP contribution in [0.25, 0.3) is 0 Å². The maximum atomic E-state index is 12.4. The number of unbranched alkanes of at least 4 members (excludes halogenated alkanes) is 6. The minimum Gasteiger partial charge on any atom is -0.462 e. The Hall–Kier alpha value is -2.52. The number of nitro benzene ring substituents is 1. The number of nitrogens with zero attached hydrogens (tertiary/aromatic N) is 2. The summed E-state index contributed by atoms with van der Waals surface area (Å²) in [5.41, 5.74) is 0.290. The van der Waals surface area contributed by atoms with Gasteiger partial charge in [-0.05, 0) is 38.2 Å². The highest BCUT2D eigenvalue weighted by Crippen LogP contribution is 2.21. The topological polar surface area (TPSA) is 122 Å². The predicted molar refractivity (Wildman–Crippen MR) is 122 cm³/mol. The number of non-ortho nitro benzene ring substituents is 1. The molecule has 2 atom stereocenters. The third-order valence-corrected chi connectivity index (χ3v) is 5.05. The van der Waals surface area contributed by atoms with Crippen molar-refractivity contribution in [2.45, 2.75) is 70.4 Å². The number of aliphatic hydroxyl groups is 1. The first-order valence-electron chi connectivity index (χ1n) is 11.3. The highest BCUT2D eigenvalue weighted by molar-refractivity contribution is 5.76. The smallest absolute Gasteiger partial charge is 0.320 e. The van der Waals surface area contributed by atoms with Crippen LogP contribution < -0.4 is 5.32 Å². The largest absolute Gasteiger partial charge is 0.462 e. The van der Waals surface area contributed by atoms with Crippen molar-refractivity contribution in [2.24, 2.45) is 0 Å². The minimum atomic E-state index is -1.18. The van der Waals surface area contributed by atoms with Crippen LogP contribution in [-0.4, -0.2) is 60.1 Å². The second-order valence-corrected chi connectivity index (χ2v) is 8.26. The number of likely N-dealkylation sites (N-methyl/N-ethyl adjacent to an activating group) is 1. The molecule has 1 amide bonds. The van der Waals surface area contributed by atoms with Gasteiger partial charge in [0.1, 0.15) is 12.7 Å². The Morgan fingerprint density at radius 1 is 1.09 bits per heavy atom. The van der Waals surface area contributed by atoms with Crippen LogP contribution in [0.1, 0.15) is 70.0 Å². The number of esters is 1. The summed E-state index contributed by atoms with van der Waals surface area (Å²) in [4.78, 5) is 36.3. The number of benzene rings is 1. The molecule has 0 aliphatic heterocycles. The van der Waals surface area contributed by atoms with E-state index in [4.69, 9.17) is 4.74 Å². The summed E-state index contributed by atoms with van der Waals surface area (Å²) in [5, 5.41) is 24.4. The average Bonchev–Trinajstić information content (AvgIpc) is 2.75. The second kappa shape index (κ2) is 15.3. The molecule has 0 aliphatic rings. The van der Waals surface area contributed by atoms with Crippen LogP contribution in [0.15, 0.2) is 24.3 Å². The molecule has 0 fully saturated rings. The first-order valence-corrected chi connectivity index (χ1v) is 11.3. The molecule has 180 valence electrons. The highest BCUT2D eigenvalue weighted by atomic mass is 16.6. The number of nitrogens with one attached hydrogen (secondary N) is 1. The summed E-state index contributed by atoms with van der Waals surface area (Å²) in [6.07, 6.45) is 6.75. The van der Waals surface area contributed by atoms with E-state index in [0.29, 0.717) is 12.0 Å². The summed E-state index contributed by atoms with van der Waals surface area (Å²) in [7, 11) is 3.46. The van der Waals surface area contributed by atoms with E-state index in [1.165, 1.54) is 49.9 Å². The Balaban J connectivity index is 2.67. The molecular weight excluding hydrogens is 414 g/mol. The highest BCUT2D eigenvalue weighted by Gasteiger charge is 2.25. The molecule has 0 aromatic heterocycles. The monoisotopic (exact) mass is 451 g/mol. The van der Waals surface area contributed by atoms with Crippen molar-refractivity contribution in [1.29, 1.82) is 0 Å². The zero-order chi connectivity index (χ0) is 23.9. The van der Waals surface area contributed by atoms with Gasteiger partial charge in [-0.25, -0.2) is 0 Å². The van der Waals surface area contributed by atoms with Crippen LogP contribution >= 0.6 is 0 Å². The van der Waals surface area contributed by atoms with E-state index in [2.05, 4.69) is 12.2 Å². The Kier molecular flexibility index (Phi) is 13.2. The second-order valence-electron chi connectivity index (χ2n) is 8.26. The number of amides is 1. The van der Waals surface area contributed by atoms with Crippen LogP contribution in [0.3, 0.4) is 0 Å². The van der Waals surface area contributed by atoms with Gasteiger partial charge in [-0.1, -0.05) is 45.4 Å². The van der Waals surface area contributed by atoms with E-state index < -0.39 is 23.0 Å². The van der Waals surface area contributed by atoms with Gasteiger partial charge in [-0.3, -0.25) is 24.6 Å². The van der Waals surface area contributed by atoms with Crippen LogP contribution in [-0.2, 0) is 14.3 Å².